The average molecular weight is 327 g/mol. The fourth-order valence-corrected chi connectivity index (χ4v) is 2.73. The van der Waals surface area contributed by atoms with Gasteiger partial charge in [0, 0.05) is 0 Å². The number of para-hydroxylation sites is 2. The van der Waals surface area contributed by atoms with Crippen molar-refractivity contribution in [1.82, 2.24) is 5.32 Å². The number of hydrogen-bond acceptors (Lipinski definition) is 3. The quantitative estimate of drug-likeness (QED) is 0.837. The van der Waals surface area contributed by atoms with Crippen LogP contribution in [-0.4, -0.2) is 19.6 Å². The maximum Gasteiger partial charge on any atom is 0.258 e. The van der Waals surface area contributed by atoms with Gasteiger partial charge in [0.05, 0.1) is 13.2 Å². The molecule has 0 spiro atoms. The van der Waals surface area contributed by atoms with Gasteiger partial charge in [-0.05, 0) is 43.5 Å². The fraction of sp³-hybridized carbons (Fsp3) is 0.350. The number of carbonyl (C=O) groups excluding carboxylic acids is 1. The number of hydrogen-bond donors (Lipinski definition) is 1. The largest absolute Gasteiger partial charge is 0.493 e. The van der Waals surface area contributed by atoms with Gasteiger partial charge in [-0.15, -0.1) is 0 Å². The summed E-state index contributed by atoms with van der Waals surface area (Å²) in [5.74, 6) is 1.04. The number of methoxy groups -OCH3 is 1. The molecule has 0 bridgehead atoms. The molecule has 2 rings (SSSR count). The van der Waals surface area contributed by atoms with E-state index < -0.39 is 0 Å². The van der Waals surface area contributed by atoms with Crippen LogP contribution in [0.3, 0.4) is 0 Å². The summed E-state index contributed by atoms with van der Waals surface area (Å²) < 4.78 is 10.8. The molecular weight excluding hydrogens is 302 g/mol. The summed E-state index contributed by atoms with van der Waals surface area (Å²) in [6.07, 6.45) is 0.824. The Hall–Kier alpha value is -2.49. The normalized spacial score (nSPS) is 11.7. The molecule has 0 saturated heterocycles. The summed E-state index contributed by atoms with van der Waals surface area (Å²) >= 11 is 0. The van der Waals surface area contributed by atoms with Crippen molar-refractivity contribution in [2.24, 2.45) is 0 Å². The third-order valence-corrected chi connectivity index (χ3v) is 3.97. The number of rotatable bonds is 7. The lowest BCUT2D eigenvalue weighted by atomic mass is 9.97. The van der Waals surface area contributed by atoms with Crippen LogP contribution in [-0.2, 0) is 4.79 Å². The molecule has 2 aromatic rings. The molecule has 24 heavy (non-hydrogen) atoms. The summed E-state index contributed by atoms with van der Waals surface area (Å²) in [5, 5.41) is 3.05. The minimum Gasteiger partial charge on any atom is -0.493 e. The molecule has 0 aromatic heterocycles. The lowest BCUT2D eigenvalue weighted by Crippen LogP contribution is -2.32. The smallest absolute Gasteiger partial charge is 0.258 e. The highest BCUT2D eigenvalue weighted by Gasteiger charge is 2.15. The third kappa shape index (κ3) is 4.51. The highest BCUT2D eigenvalue weighted by molar-refractivity contribution is 5.78. The van der Waals surface area contributed by atoms with Crippen LogP contribution in [0.2, 0.25) is 0 Å². The van der Waals surface area contributed by atoms with Crippen molar-refractivity contribution in [3.05, 3.63) is 59.2 Å². The number of nitrogens with one attached hydrogen (secondary N) is 1. The van der Waals surface area contributed by atoms with Gasteiger partial charge in [0.25, 0.3) is 5.91 Å². The zero-order valence-corrected chi connectivity index (χ0v) is 14.8. The Balaban J connectivity index is 1.99. The molecular formula is C20H25NO3. The SMILES string of the molecule is CC[C@H](NC(=O)COc1ccccc1OC)c1ccc(C)cc1C. The van der Waals surface area contributed by atoms with Gasteiger partial charge in [-0.1, -0.05) is 42.8 Å². The van der Waals surface area contributed by atoms with Crippen molar-refractivity contribution in [3.8, 4) is 11.5 Å². The Morgan fingerprint density at radius 1 is 1.12 bits per heavy atom. The molecule has 4 heteroatoms. The minimum atomic E-state index is -0.146. The van der Waals surface area contributed by atoms with Crippen LogP contribution in [0.5, 0.6) is 11.5 Å². The van der Waals surface area contributed by atoms with Crippen LogP contribution < -0.4 is 14.8 Å². The summed E-state index contributed by atoms with van der Waals surface area (Å²) in [7, 11) is 1.58. The van der Waals surface area contributed by atoms with Gasteiger partial charge in [-0.3, -0.25) is 4.79 Å². The summed E-state index contributed by atoms with van der Waals surface area (Å²) in [6, 6.07) is 13.6. The van der Waals surface area contributed by atoms with E-state index in [1.807, 2.05) is 12.1 Å². The molecule has 1 N–H and O–H groups in total. The molecule has 1 atom stereocenters. The third-order valence-electron chi connectivity index (χ3n) is 3.97. The number of benzene rings is 2. The average Bonchev–Trinajstić information content (AvgIpc) is 2.58. The van der Waals surface area contributed by atoms with E-state index in [2.05, 4.69) is 44.3 Å². The molecule has 0 saturated carbocycles. The summed E-state index contributed by atoms with van der Waals surface area (Å²) in [4.78, 5) is 12.3. The minimum absolute atomic E-state index is 0.0145. The zero-order valence-electron chi connectivity index (χ0n) is 14.8. The highest BCUT2D eigenvalue weighted by atomic mass is 16.5. The molecule has 1 amide bonds. The first-order valence-corrected chi connectivity index (χ1v) is 8.17. The topological polar surface area (TPSA) is 47.6 Å². The monoisotopic (exact) mass is 327 g/mol. The Labute approximate surface area is 143 Å². The van der Waals surface area contributed by atoms with E-state index in [0.29, 0.717) is 11.5 Å². The fourth-order valence-electron chi connectivity index (χ4n) is 2.73. The van der Waals surface area contributed by atoms with E-state index in [4.69, 9.17) is 9.47 Å². The van der Waals surface area contributed by atoms with Crippen molar-refractivity contribution >= 4 is 5.91 Å². The standard InChI is InChI=1S/C20H25NO3/c1-5-17(16-11-10-14(2)12-15(16)3)21-20(22)13-24-19-9-7-6-8-18(19)23-4/h6-12,17H,5,13H2,1-4H3,(H,21,22)/t17-/m0/s1. The Kier molecular flexibility index (Phi) is 6.24. The summed E-state index contributed by atoms with van der Waals surface area (Å²) in [5.41, 5.74) is 3.55. The van der Waals surface area contributed by atoms with E-state index in [1.54, 1.807) is 19.2 Å². The van der Waals surface area contributed by atoms with E-state index in [0.717, 1.165) is 12.0 Å². The van der Waals surface area contributed by atoms with Crippen molar-refractivity contribution in [2.45, 2.75) is 33.2 Å². The van der Waals surface area contributed by atoms with E-state index in [-0.39, 0.29) is 18.6 Å². The second-order valence-electron chi connectivity index (χ2n) is 5.83. The van der Waals surface area contributed by atoms with Crippen molar-refractivity contribution in [1.29, 1.82) is 0 Å². The Bertz CT molecular complexity index is 697. The molecule has 2 aromatic carbocycles. The van der Waals surface area contributed by atoms with E-state index >= 15 is 0 Å². The van der Waals surface area contributed by atoms with Crippen molar-refractivity contribution in [3.63, 3.8) is 0 Å². The predicted octanol–water partition coefficient (Wildman–Crippen LogP) is 3.96. The number of amides is 1. The van der Waals surface area contributed by atoms with Crippen LogP contribution in [0, 0.1) is 13.8 Å². The number of ether oxygens (including phenoxy) is 2. The molecule has 0 aliphatic heterocycles. The van der Waals surface area contributed by atoms with Gasteiger partial charge >= 0.3 is 0 Å². The second kappa shape index (κ2) is 8.39. The maximum atomic E-state index is 12.3. The second-order valence-corrected chi connectivity index (χ2v) is 5.83. The molecule has 128 valence electrons. The maximum absolute atomic E-state index is 12.3. The molecule has 0 aliphatic carbocycles. The first-order valence-electron chi connectivity index (χ1n) is 8.17. The van der Waals surface area contributed by atoms with Gasteiger partial charge in [-0.2, -0.15) is 0 Å². The van der Waals surface area contributed by atoms with Crippen LogP contribution in [0.15, 0.2) is 42.5 Å². The molecule has 0 unspecified atom stereocenters. The lowest BCUT2D eigenvalue weighted by Gasteiger charge is -2.20. The first-order chi connectivity index (χ1) is 11.5. The van der Waals surface area contributed by atoms with Gasteiger partial charge in [0.15, 0.2) is 18.1 Å². The van der Waals surface area contributed by atoms with Crippen LogP contribution >= 0.6 is 0 Å². The zero-order chi connectivity index (χ0) is 17.5. The van der Waals surface area contributed by atoms with Crippen molar-refractivity contribution < 1.29 is 14.3 Å². The first kappa shape index (κ1) is 17.9. The Morgan fingerprint density at radius 2 is 1.83 bits per heavy atom. The number of carbonyl (C=O) groups is 1. The van der Waals surface area contributed by atoms with Gasteiger partial charge in [0.1, 0.15) is 0 Å². The molecule has 4 nitrogen and oxygen atoms in total. The molecule has 0 heterocycles. The van der Waals surface area contributed by atoms with Crippen molar-refractivity contribution in [2.75, 3.05) is 13.7 Å². The van der Waals surface area contributed by atoms with E-state index in [9.17, 15) is 4.79 Å². The molecule has 0 aliphatic rings. The Morgan fingerprint density at radius 3 is 2.46 bits per heavy atom. The highest BCUT2D eigenvalue weighted by Crippen LogP contribution is 2.26. The lowest BCUT2D eigenvalue weighted by molar-refractivity contribution is -0.123. The number of aryl methyl sites for hydroxylation is 2. The predicted molar refractivity (Wildman–Crippen MR) is 95.6 cm³/mol. The summed E-state index contributed by atoms with van der Waals surface area (Å²) in [6.45, 7) is 6.16. The van der Waals surface area contributed by atoms with Gasteiger partial charge in [0.2, 0.25) is 0 Å². The van der Waals surface area contributed by atoms with E-state index in [1.165, 1.54) is 11.1 Å². The molecule has 0 fully saturated rings. The van der Waals surface area contributed by atoms with Crippen LogP contribution in [0.4, 0.5) is 0 Å². The van der Waals surface area contributed by atoms with Crippen LogP contribution in [0.1, 0.15) is 36.1 Å². The van der Waals surface area contributed by atoms with Gasteiger partial charge in [-0.25, -0.2) is 0 Å². The van der Waals surface area contributed by atoms with Crippen LogP contribution in [0.25, 0.3) is 0 Å². The van der Waals surface area contributed by atoms with Gasteiger partial charge < -0.3 is 14.8 Å². The molecule has 0 radical (unpaired) electrons.